The van der Waals surface area contributed by atoms with Crippen molar-refractivity contribution in [2.75, 3.05) is 32.7 Å². The Labute approximate surface area is 207 Å². The molecule has 1 aliphatic heterocycles. The number of carbonyl (C=O) groups is 1. The van der Waals surface area contributed by atoms with E-state index in [0.717, 1.165) is 54.0 Å². The molecule has 36 heavy (non-hydrogen) atoms. The topological polar surface area (TPSA) is 119 Å². The highest BCUT2D eigenvalue weighted by atomic mass is 16.5. The average molecular weight is 493 g/mol. The molecule has 188 valence electrons. The number of ether oxygens (including phenoxy) is 3. The number of carbonyl (C=O) groups excluding carboxylic acids is 1. The number of nitrogens with one attached hydrogen (secondary N) is 3. The van der Waals surface area contributed by atoms with Crippen molar-refractivity contribution in [3.8, 4) is 11.3 Å². The van der Waals surface area contributed by atoms with Crippen molar-refractivity contribution in [2.24, 2.45) is 0 Å². The predicted molar refractivity (Wildman–Crippen MR) is 132 cm³/mol. The van der Waals surface area contributed by atoms with Crippen LogP contribution < -0.4 is 15.1 Å². The lowest BCUT2D eigenvalue weighted by Gasteiger charge is -2.35. The third-order valence-corrected chi connectivity index (χ3v) is 7.11. The van der Waals surface area contributed by atoms with Gasteiger partial charge in [-0.05, 0) is 31.4 Å². The van der Waals surface area contributed by atoms with E-state index in [-0.39, 0.29) is 24.2 Å². The second-order valence-electron chi connectivity index (χ2n) is 9.22. The number of rotatable bonds is 8. The Morgan fingerprint density at radius 2 is 2.28 bits per heavy atom. The Hall–Kier alpha value is -3.54. The molecule has 11 nitrogen and oxygen atoms in total. The van der Waals surface area contributed by atoms with Crippen LogP contribution in [0.4, 0.5) is 5.82 Å². The predicted octanol–water partition coefficient (Wildman–Crippen LogP) is 1.88. The van der Waals surface area contributed by atoms with Crippen LogP contribution in [0.15, 0.2) is 36.8 Å². The fourth-order valence-electron chi connectivity index (χ4n) is 4.92. The summed E-state index contributed by atoms with van der Waals surface area (Å²) in [6, 6.07) is 5.90. The van der Waals surface area contributed by atoms with E-state index >= 15 is 0 Å². The molecule has 0 bridgehead atoms. The number of aromatic nitrogens is 5. The van der Waals surface area contributed by atoms with Gasteiger partial charge in [-0.1, -0.05) is 4.98 Å². The standard InChI is InChI=1S/C25H29N7O4/c1-26-22-10-20(29-24-17(11-28-32(22)24)25(33)30-19-5-6-21(19)34-2)18-12-31(14-36-15-7-9-35-13-15)23-16(18)4-3-8-27-23/h3-4,8,10-12,15,19,21H,5-7,9,13-14H2,1-2H3,(H2,26,28,29,30,33)/p+1/t15-,19?,21+/m1/s1. The lowest BCUT2D eigenvalue weighted by molar-refractivity contribution is -0.563. The molecule has 2 fully saturated rings. The molecule has 2 aliphatic rings. The van der Waals surface area contributed by atoms with Crippen molar-refractivity contribution in [3.05, 3.63) is 42.4 Å². The number of fused-ring (bicyclic) bond motifs is 2. The number of methoxy groups -OCH3 is 1. The zero-order valence-electron chi connectivity index (χ0n) is 20.4. The van der Waals surface area contributed by atoms with Crippen LogP contribution in [0.25, 0.3) is 27.9 Å². The van der Waals surface area contributed by atoms with Crippen molar-refractivity contribution >= 4 is 28.4 Å². The molecule has 3 atom stereocenters. The van der Waals surface area contributed by atoms with Gasteiger partial charge in [-0.25, -0.2) is 4.98 Å². The first-order chi connectivity index (χ1) is 17.7. The Morgan fingerprint density at radius 3 is 3.03 bits per heavy atom. The van der Waals surface area contributed by atoms with E-state index in [1.165, 1.54) is 0 Å². The molecule has 11 heteroatoms. The molecule has 1 saturated heterocycles. The summed E-state index contributed by atoms with van der Waals surface area (Å²) in [4.78, 5) is 22.7. The monoisotopic (exact) mass is 492 g/mol. The summed E-state index contributed by atoms with van der Waals surface area (Å²) in [5.41, 5.74) is 3.46. The maximum Gasteiger partial charge on any atom is 0.299 e. The molecular formula is C25H30N7O4+. The lowest BCUT2D eigenvalue weighted by Crippen LogP contribution is -2.51. The summed E-state index contributed by atoms with van der Waals surface area (Å²) in [5.74, 6) is 0.597. The number of hydrogen-bond acceptors (Lipinski definition) is 7. The summed E-state index contributed by atoms with van der Waals surface area (Å²) >= 11 is 0. The molecule has 0 aromatic carbocycles. The van der Waals surface area contributed by atoms with Gasteiger partial charge in [0.2, 0.25) is 5.82 Å². The Bertz CT molecular complexity index is 1410. The minimum atomic E-state index is -0.177. The minimum absolute atomic E-state index is 0.0127. The minimum Gasteiger partial charge on any atom is -0.379 e. The van der Waals surface area contributed by atoms with Gasteiger partial charge in [0.1, 0.15) is 17.9 Å². The van der Waals surface area contributed by atoms with E-state index in [4.69, 9.17) is 19.2 Å². The van der Waals surface area contributed by atoms with Crippen LogP contribution in [0.5, 0.6) is 0 Å². The van der Waals surface area contributed by atoms with Gasteiger partial charge in [0, 0.05) is 44.1 Å². The Kier molecular flexibility index (Phi) is 6.04. The van der Waals surface area contributed by atoms with Crippen molar-refractivity contribution in [1.82, 2.24) is 25.0 Å². The molecule has 0 radical (unpaired) electrons. The van der Waals surface area contributed by atoms with Crippen LogP contribution in [0.1, 0.15) is 29.6 Å². The molecule has 6 rings (SSSR count). The number of pyridine rings is 1. The zero-order valence-corrected chi connectivity index (χ0v) is 20.4. The number of amides is 1. The van der Waals surface area contributed by atoms with Gasteiger partial charge >= 0.3 is 0 Å². The quantitative estimate of drug-likeness (QED) is 0.321. The fourth-order valence-corrected chi connectivity index (χ4v) is 4.92. The van der Waals surface area contributed by atoms with Gasteiger partial charge in [0.05, 0.1) is 37.1 Å². The van der Waals surface area contributed by atoms with E-state index in [2.05, 4.69) is 20.7 Å². The normalized spacial score (nSPS) is 21.7. The molecule has 0 spiro atoms. The van der Waals surface area contributed by atoms with Crippen LogP contribution >= 0.6 is 0 Å². The number of nitrogens with zero attached hydrogens (tertiary/aromatic N) is 4. The summed E-state index contributed by atoms with van der Waals surface area (Å²) in [7, 11) is 3.52. The van der Waals surface area contributed by atoms with Crippen molar-refractivity contribution in [1.29, 1.82) is 0 Å². The third kappa shape index (κ3) is 3.98. The maximum atomic E-state index is 13.2. The zero-order chi connectivity index (χ0) is 24.6. The van der Waals surface area contributed by atoms with Gasteiger partial charge < -0.3 is 29.4 Å². The molecule has 4 aromatic heterocycles. The summed E-state index contributed by atoms with van der Waals surface area (Å²) < 4.78 is 20.7. The van der Waals surface area contributed by atoms with Crippen LogP contribution in [0, 0.1) is 0 Å². The van der Waals surface area contributed by atoms with Gasteiger partial charge in [-0.3, -0.25) is 9.89 Å². The first-order valence-corrected chi connectivity index (χ1v) is 12.3. The summed E-state index contributed by atoms with van der Waals surface area (Å²) in [6.07, 6.45) is 8.36. The van der Waals surface area contributed by atoms with E-state index in [1.54, 1.807) is 24.0 Å². The van der Waals surface area contributed by atoms with Crippen molar-refractivity contribution < 1.29 is 23.5 Å². The molecule has 3 N–H and O–H groups in total. The van der Waals surface area contributed by atoms with E-state index in [1.807, 2.05) is 36.0 Å². The van der Waals surface area contributed by atoms with Crippen LogP contribution in [0.3, 0.4) is 0 Å². The molecule has 1 amide bonds. The second kappa shape index (κ2) is 9.49. The van der Waals surface area contributed by atoms with Crippen LogP contribution in [-0.4, -0.2) is 71.2 Å². The van der Waals surface area contributed by atoms with E-state index in [0.29, 0.717) is 24.5 Å². The van der Waals surface area contributed by atoms with Gasteiger partial charge in [0.15, 0.2) is 5.69 Å². The molecule has 1 unspecified atom stereocenters. The highest BCUT2D eigenvalue weighted by Gasteiger charge is 2.34. The van der Waals surface area contributed by atoms with E-state index < -0.39 is 0 Å². The molecule has 4 aromatic rings. The maximum absolute atomic E-state index is 13.2. The van der Waals surface area contributed by atoms with Crippen LogP contribution in [0.2, 0.25) is 0 Å². The van der Waals surface area contributed by atoms with Gasteiger partial charge in [-0.15, -0.1) is 4.52 Å². The fraction of sp³-hybridized carbons (Fsp3) is 0.440. The third-order valence-electron chi connectivity index (χ3n) is 7.11. The summed E-state index contributed by atoms with van der Waals surface area (Å²) in [6.45, 7) is 1.72. The van der Waals surface area contributed by atoms with E-state index in [9.17, 15) is 4.79 Å². The molecule has 1 aliphatic carbocycles. The van der Waals surface area contributed by atoms with Crippen molar-refractivity contribution in [2.45, 2.75) is 44.2 Å². The number of hydrogen-bond donors (Lipinski definition) is 3. The number of H-pyrrole nitrogens is 1. The largest absolute Gasteiger partial charge is 0.379 e. The average Bonchev–Trinajstić information content (AvgIpc) is 3.63. The van der Waals surface area contributed by atoms with Crippen LogP contribution in [-0.2, 0) is 20.9 Å². The molecule has 1 saturated carbocycles. The first-order valence-electron chi connectivity index (χ1n) is 12.3. The number of aromatic amines is 1. The summed E-state index contributed by atoms with van der Waals surface area (Å²) in [5, 5.41) is 10.4. The Morgan fingerprint density at radius 1 is 1.36 bits per heavy atom. The lowest BCUT2D eigenvalue weighted by atomic mass is 9.89. The molecule has 5 heterocycles. The SMILES string of the molecule is CNc1cc(-c2cn(CO[C@@H]3CCOC3)c3ncccc23)nc2c(C(=O)NC3CC[C@@H]3OC)c[nH][n+]12. The van der Waals surface area contributed by atoms with Gasteiger partial charge in [0.25, 0.3) is 11.6 Å². The van der Waals surface area contributed by atoms with Gasteiger partial charge in [-0.2, -0.15) is 0 Å². The highest BCUT2D eigenvalue weighted by Crippen LogP contribution is 2.30. The number of anilines is 1. The molecular weight excluding hydrogens is 462 g/mol. The van der Waals surface area contributed by atoms with Crippen molar-refractivity contribution in [3.63, 3.8) is 0 Å². The Balaban J connectivity index is 1.38. The first kappa shape index (κ1) is 22.9. The smallest absolute Gasteiger partial charge is 0.299 e. The second-order valence-corrected chi connectivity index (χ2v) is 9.22. The highest BCUT2D eigenvalue weighted by molar-refractivity contribution is 6.00.